The van der Waals surface area contributed by atoms with Crippen molar-refractivity contribution in [2.75, 3.05) is 19.6 Å². The van der Waals surface area contributed by atoms with Gasteiger partial charge in [-0.05, 0) is 45.7 Å². The summed E-state index contributed by atoms with van der Waals surface area (Å²) in [6, 6.07) is 8.81. The van der Waals surface area contributed by atoms with Gasteiger partial charge in [0.15, 0.2) is 0 Å². The van der Waals surface area contributed by atoms with Crippen molar-refractivity contribution in [2.45, 2.75) is 39.2 Å². The molecule has 0 unspecified atom stereocenters. The molecule has 0 atom stereocenters. The number of rotatable bonds is 2. The van der Waals surface area contributed by atoms with Gasteiger partial charge in [0.05, 0.1) is 23.7 Å². The van der Waals surface area contributed by atoms with E-state index >= 15 is 0 Å². The lowest BCUT2D eigenvalue weighted by Gasteiger charge is -2.31. The van der Waals surface area contributed by atoms with Gasteiger partial charge in [0.2, 0.25) is 0 Å². The summed E-state index contributed by atoms with van der Waals surface area (Å²) < 4.78 is 5.38. The summed E-state index contributed by atoms with van der Waals surface area (Å²) in [4.78, 5) is 40.0. The summed E-state index contributed by atoms with van der Waals surface area (Å²) in [5.41, 5.74) is 1.47. The molecule has 0 aromatic heterocycles. The molecule has 146 valence electrons. The molecule has 2 heterocycles. The number of ether oxygens (including phenoxy) is 1. The van der Waals surface area contributed by atoms with Crippen LogP contribution in [-0.2, 0) is 4.74 Å². The fraction of sp³-hybridized carbons (Fsp3) is 0.429. The van der Waals surface area contributed by atoms with Crippen molar-refractivity contribution < 1.29 is 19.1 Å². The fourth-order valence-corrected chi connectivity index (χ4v) is 3.35. The first-order valence-corrected chi connectivity index (χ1v) is 9.25. The third-order valence-corrected chi connectivity index (χ3v) is 4.77. The predicted octanol–water partition coefficient (Wildman–Crippen LogP) is 3.13. The molecule has 1 saturated heterocycles. The van der Waals surface area contributed by atoms with E-state index in [9.17, 15) is 19.6 Å². The highest BCUT2D eigenvalue weighted by Crippen LogP contribution is 2.26. The topological polar surface area (TPSA) is 90.7 Å². The SMILES string of the molecule is CC(C)(C)OC(=O)N1CCC(=C(C#N)CN2C(=O)c3ccccc3C2=O)CC1. The number of fused-ring (bicyclic) bond motifs is 1. The third-order valence-electron chi connectivity index (χ3n) is 4.77. The Bertz CT molecular complexity index is 860. The van der Waals surface area contributed by atoms with E-state index in [0.717, 1.165) is 10.5 Å². The number of hydrogen-bond acceptors (Lipinski definition) is 5. The number of benzene rings is 1. The molecule has 0 N–H and O–H groups in total. The summed E-state index contributed by atoms with van der Waals surface area (Å²) in [6.07, 6.45) is 0.668. The Kier molecular flexibility index (Phi) is 5.23. The normalized spacial score (nSPS) is 16.7. The van der Waals surface area contributed by atoms with E-state index in [4.69, 9.17) is 4.74 Å². The van der Waals surface area contributed by atoms with Gasteiger partial charge in [-0.1, -0.05) is 17.7 Å². The van der Waals surface area contributed by atoms with Crippen LogP contribution in [0.4, 0.5) is 4.79 Å². The maximum absolute atomic E-state index is 12.5. The molecule has 3 amide bonds. The molecule has 28 heavy (non-hydrogen) atoms. The van der Waals surface area contributed by atoms with Crippen LogP contribution in [0.15, 0.2) is 35.4 Å². The molecule has 2 aliphatic heterocycles. The zero-order chi connectivity index (χ0) is 20.5. The van der Waals surface area contributed by atoms with Gasteiger partial charge in [0.1, 0.15) is 5.60 Å². The summed E-state index contributed by atoms with van der Waals surface area (Å²) in [5, 5.41) is 9.59. The molecule has 7 nitrogen and oxygen atoms in total. The van der Waals surface area contributed by atoms with Crippen LogP contribution in [0, 0.1) is 11.3 Å². The van der Waals surface area contributed by atoms with Gasteiger partial charge in [-0.2, -0.15) is 5.26 Å². The molecule has 0 saturated carbocycles. The Hall–Kier alpha value is -3.14. The Balaban J connectivity index is 1.69. The fourth-order valence-electron chi connectivity index (χ4n) is 3.35. The Morgan fingerprint density at radius 3 is 2.11 bits per heavy atom. The zero-order valence-electron chi connectivity index (χ0n) is 16.3. The Labute approximate surface area is 164 Å². The molecule has 0 radical (unpaired) electrons. The number of hydrogen-bond donors (Lipinski definition) is 0. The van der Waals surface area contributed by atoms with Crippen LogP contribution in [0.2, 0.25) is 0 Å². The first-order valence-electron chi connectivity index (χ1n) is 9.25. The van der Waals surface area contributed by atoms with Crippen molar-refractivity contribution in [3.05, 3.63) is 46.5 Å². The van der Waals surface area contributed by atoms with Crippen LogP contribution < -0.4 is 0 Å². The minimum Gasteiger partial charge on any atom is -0.444 e. The van der Waals surface area contributed by atoms with Gasteiger partial charge in [-0.3, -0.25) is 14.5 Å². The largest absolute Gasteiger partial charge is 0.444 e. The van der Waals surface area contributed by atoms with E-state index in [-0.39, 0.29) is 24.5 Å². The van der Waals surface area contributed by atoms with Crippen LogP contribution in [0.1, 0.15) is 54.3 Å². The second-order valence-electron chi connectivity index (χ2n) is 7.90. The maximum atomic E-state index is 12.5. The number of carbonyl (C=O) groups excluding carboxylic acids is 3. The van der Waals surface area contributed by atoms with Gasteiger partial charge in [0, 0.05) is 18.7 Å². The van der Waals surface area contributed by atoms with Gasteiger partial charge < -0.3 is 9.64 Å². The van der Waals surface area contributed by atoms with Gasteiger partial charge in [-0.15, -0.1) is 0 Å². The number of imide groups is 1. The van der Waals surface area contributed by atoms with Gasteiger partial charge in [0.25, 0.3) is 11.8 Å². The molecular weight excluding hydrogens is 358 g/mol. The standard InChI is InChI=1S/C21H23N3O4/c1-21(2,3)28-20(27)23-10-8-14(9-11-23)15(12-22)13-24-18(25)16-6-4-5-7-17(16)19(24)26/h4-7H,8-11,13H2,1-3H3. The molecule has 3 rings (SSSR count). The van der Waals surface area contributed by atoms with Crippen molar-refractivity contribution in [3.8, 4) is 6.07 Å². The monoisotopic (exact) mass is 381 g/mol. The van der Waals surface area contributed by atoms with Gasteiger partial charge in [-0.25, -0.2) is 4.79 Å². The van der Waals surface area contributed by atoms with E-state index in [0.29, 0.717) is 42.6 Å². The number of nitrogens with zero attached hydrogens (tertiary/aromatic N) is 3. The second-order valence-corrected chi connectivity index (χ2v) is 7.90. The lowest BCUT2D eigenvalue weighted by Crippen LogP contribution is -2.40. The van der Waals surface area contributed by atoms with Crippen LogP contribution in [0.3, 0.4) is 0 Å². The molecular formula is C21H23N3O4. The summed E-state index contributed by atoms with van der Waals surface area (Å²) in [7, 11) is 0. The molecule has 1 fully saturated rings. The van der Waals surface area contributed by atoms with Crippen molar-refractivity contribution in [1.29, 1.82) is 5.26 Å². The van der Waals surface area contributed by atoms with Crippen LogP contribution in [-0.4, -0.2) is 52.9 Å². The number of amides is 3. The Morgan fingerprint density at radius 1 is 1.11 bits per heavy atom. The smallest absolute Gasteiger partial charge is 0.410 e. The summed E-state index contributed by atoms with van der Waals surface area (Å²) >= 11 is 0. The molecule has 1 aromatic rings. The van der Waals surface area contributed by atoms with Crippen LogP contribution in [0.5, 0.6) is 0 Å². The second kappa shape index (κ2) is 7.47. The van der Waals surface area contributed by atoms with E-state index < -0.39 is 5.60 Å². The Morgan fingerprint density at radius 2 is 1.64 bits per heavy atom. The van der Waals surface area contributed by atoms with Crippen molar-refractivity contribution >= 4 is 17.9 Å². The predicted molar refractivity (Wildman–Crippen MR) is 101 cm³/mol. The van der Waals surface area contributed by atoms with Crippen molar-refractivity contribution in [3.63, 3.8) is 0 Å². The maximum Gasteiger partial charge on any atom is 0.410 e. The van der Waals surface area contributed by atoms with E-state index in [1.165, 1.54) is 0 Å². The first kappa shape index (κ1) is 19.6. The molecule has 0 bridgehead atoms. The van der Waals surface area contributed by atoms with Gasteiger partial charge >= 0.3 is 6.09 Å². The van der Waals surface area contributed by atoms with E-state index in [1.54, 1.807) is 29.2 Å². The highest BCUT2D eigenvalue weighted by atomic mass is 16.6. The molecule has 1 aromatic carbocycles. The first-order chi connectivity index (χ1) is 13.2. The quantitative estimate of drug-likeness (QED) is 0.580. The van der Waals surface area contributed by atoms with Crippen molar-refractivity contribution in [1.82, 2.24) is 9.80 Å². The molecule has 2 aliphatic rings. The summed E-state index contributed by atoms with van der Waals surface area (Å²) in [5.74, 6) is -0.750. The van der Waals surface area contributed by atoms with Crippen LogP contribution >= 0.6 is 0 Å². The number of piperidine rings is 1. The minimum absolute atomic E-state index is 0.0371. The van der Waals surface area contributed by atoms with Crippen molar-refractivity contribution in [2.24, 2.45) is 0 Å². The third kappa shape index (κ3) is 3.91. The number of likely N-dealkylation sites (tertiary alicyclic amines) is 1. The van der Waals surface area contributed by atoms with E-state index in [1.807, 2.05) is 20.8 Å². The lowest BCUT2D eigenvalue weighted by molar-refractivity contribution is 0.0236. The molecule has 7 heteroatoms. The highest BCUT2D eigenvalue weighted by Gasteiger charge is 2.36. The average Bonchev–Trinajstić information content (AvgIpc) is 2.89. The van der Waals surface area contributed by atoms with Crippen LogP contribution in [0.25, 0.3) is 0 Å². The molecule has 0 aliphatic carbocycles. The van der Waals surface area contributed by atoms with E-state index in [2.05, 4.69) is 6.07 Å². The minimum atomic E-state index is -0.559. The number of nitriles is 1. The lowest BCUT2D eigenvalue weighted by atomic mass is 9.98. The molecule has 0 spiro atoms. The summed E-state index contributed by atoms with van der Waals surface area (Å²) in [6.45, 7) is 6.29. The number of carbonyl (C=O) groups is 3. The average molecular weight is 381 g/mol. The zero-order valence-corrected chi connectivity index (χ0v) is 16.3. The highest BCUT2D eigenvalue weighted by molar-refractivity contribution is 6.21.